The third-order valence-electron chi connectivity index (χ3n) is 2.36. The molecule has 0 bridgehead atoms. The van der Waals surface area contributed by atoms with Gasteiger partial charge in [0, 0.05) is 32.0 Å². The molecule has 0 saturated heterocycles. The van der Waals surface area contributed by atoms with Gasteiger partial charge in [-0.25, -0.2) is 4.99 Å². The molecule has 1 aromatic heterocycles. The monoisotopic (exact) mass is 248 g/mol. The zero-order chi connectivity index (χ0) is 12.1. The normalized spacial score (nSPS) is 14.5. The van der Waals surface area contributed by atoms with Crippen LogP contribution in [0.4, 0.5) is 0 Å². The largest absolute Gasteiger partial charge is 0.293 e. The van der Waals surface area contributed by atoms with Crippen LogP contribution in [0.15, 0.2) is 27.5 Å². The minimum absolute atomic E-state index is 0.00809. The first-order valence-electron chi connectivity index (χ1n) is 5.44. The van der Waals surface area contributed by atoms with Crippen LogP contribution >= 0.6 is 11.3 Å². The molecule has 88 valence electrons. The molecule has 0 fully saturated rings. The molecule has 0 amide bonds. The lowest BCUT2D eigenvalue weighted by atomic mass is 10.1. The van der Waals surface area contributed by atoms with Gasteiger partial charge >= 0.3 is 0 Å². The van der Waals surface area contributed by atoms with E-state index < -0.39 is 0 Å². The number of nitrogens with zero attached hydrogens (tertiary/aromatic N) is 2. The molecule has 0 saturated carbocycles. The Hall–Kier alpha value is -1.62. The van der Waals surface area contributed by atoms with Crippen molar-refractivity contribution < 1.29 is 9.59 Å². The Bertz CT molecular complexity index is 475. The van der Waals surface area contributed by atoms with Crippen molar-refractivity contribution in [3.8, 4) is 0 Å². The third kappa shape index (κ3) is 3.17. The van der Waals surface area contributed by atoms with Crippen molar-refractivity contribution in [1.82, 2.24) is 0 Å². The van der Waals surface area contributed by atoms with Gasteiger partial charge in [0.1, 0.15) is 0 Å². The first kappa shape index (κ1) is 11.9. The van der Waals surface area contributed by atoms with Crippen LogP contribution in [-0.2, 0) is 4.79 Å². The second-order valence-corrected chi connectivity index (χ2v) is 4.58. The molecule has 5 heteroatoms. The number of thiophene rings is 1. The fraction of sp³-hybridized carbons (Fsp3) is 0.333. The second-order valence-electron chi connectivity index (χ2n) is 3.63. The highest BCUT2D eigenvalue weighted by Crippen LogP contribution is 2.12. The molecule has 4 nitrogen and oxygen atoms in total. The summed E-state index contributed by atoms with van der Waals surface area (Å²) in [6, 6.07) is 3.60. The number of hydrogen-bond acceptors (Lipinski definition) is 5. The van der Waals surface area contributed by atoms with Gasteiger partial charge in [0.25, 0.3) is 0 Å². The quantitative estimate of drug-likeness (QED) is 0.750. The van der Waals surface area contributed by atoms with Crippen LogP contribution in [0, 0.1) is 0 Å². The average molecular weight is 248 g/mol. The summed E-state index contributed by atoms with van der Waals surface area (Å²) in [4.78, 5) is 32.0. The van der Waals surface area contributed by atoms with Crippen molar-refractivity contribution in [2.45, 2.75) is 19.3 Å². The fourth-order valence-electron chi connectivity index (χ4n) is 1.48. The molecular weight excluding hydrogens is 236 g/mol. The van der Waals surface area contributed by atoms with E-state index in [0.717, 1.165) is 6.42 Å². The lowest BCUT2D eigenvalue weighted by molar-refractivity contribution is -0.113. The molecule has 17 heavy (non-hydrogen) atoms. The van der Waals surface area contributed by atoms with Crippen LogP contribution in [0.1, 0.15) is 28.9 Å². The van der Waals surface area contributed by atoms with E-state index in [9.17, 15) is 9.59 Å². The third-order valence-corrected chi connectivity index (χ3v) is 3.27. The summed E-state index contributed by atoms with van der Waals surface area (Å²) in [7, 11) is 0. The highest BCUT2D eigenvalue weighted by atomic mass is 32.1. The maximum Gasteiger partial charge on any atom is 0.200 e. The Morgan fingerprint density at radius 3 is 2.76 bits per heavy atom. The van der Waals surface area contributed by atoms with E-state index in [1.807, 2.05) is 11.4 Å². The zero-order valence-corrected chi connectivity index (χ0v) is 10.1. The first-order chi connectivity index (χ1) is 8.27. The molecular formula is C12H12N2O2S. The van der Waals surface area contributed by atoms with E-state index >= 15 is 0 Å². The number of rotatable bonds is 5. The van der Waals surface area contributed by atoms with Crippen LogP contribution < -0.4 is 0 Å². The van der Waals surface area contributed by atoms with E-state index in [1.54, 1.807) is 12.3 Å². The average Bonchev–Trinajstić information content (AvgIpc) is 2.90. The molecule has 0 radical (unpaired) electrons. The van der Waals surface area contributed by atoms with Crippen molar-refractivity contribution in [3.05, 3.63) is 22.4 Å². The van der Waals surface area contributed by atoms with Gasteiger partial charge in [-0.3, -0.25) is 14.6 Å². The van der Waals surface area contributed by atoms with Gasteiger partial charge in [-0.05, 0) is 11.4 Å². The zero-order valence-electron chi connectivity index (χ0n) is 9.26. The van der Waals surface area contributed by atoms with Crippen molar-refractivity contribution in [2.75, 3.05) is 6.54 Å². The molecule has 1 aromatic rings. The van der Waals surface area contributed by atoms with Crippen molar-refractivity contribution in [3.63, 3.8) is 0 Å². The minimum atomic E-state index is -0.147. The van der Waals surface area contributed by atoms with E-state index in [4.69, 9.17) is 0 Å². The predicted molar refractivity (Wildman–Crippen MR) is 68.3 cm³/mol. The molecule has 0 N–H and O–H groups in total. The number of aliphatic imine (C=N–C) groups is 2. The van der Waals surface area contributed by atoms with Crippen molar-refractivity contribution in [2.24, 2.45) is 9.98 Å². The SMILES string of the molecule is O=C(CCC(=O)c1cccs1)C1=NCCC=N1. The van der Waals surface area contributed by atoms with Gasteiger partial charge in [-0.1, -0.05) is 6.07 Å². The molecule has 0 aliphatic carbocycles. The van der Waals surface area contributed by atoms with E-state index in [1.165, 1.54) is 11.3 Å². The maximum absolute atomic E-state index is 11.7. The van der Waals surface area contributed by atoms with Crippen molar-refractivity contribution >= 4 is 35.0 Å². The van der Waals surface area contributed by atoms with Crippen LogP contribution in [0.25, 0.3) is 0 Å². The summed E-state index contributed by atoms with van der Waals surface area (Å²) in [5, 5.41) is 1.85. The minimum Gasteiger partial charge on any atom is -0.293 e. The van der Waals surface area contributed by atoms with Crippen LogP contribution in [0.3, 0.4) is 0 Å². The molecule has 0 atom stereocenters. The van der Waals surface area contributed by atoms with E-state index in [0.29, 0.717) is 11.4 Å². The summed E-state index contributed by atoms with van der Waals surface area (Å²) >= 11 is 1.40. The van der Waals surface area contributed by atoms with Gasteiger partial charge in [-0.15, -0.1) is 11.3 Å². The predicted octanol–water partition coefficient (Wildman–Crippen LogP) is 2.15. The van der Waals surface area contributed by atoms with Crippen LogP contribution in [-0.4, -0.2) is 30.2 Å². The number of Topliss-reactive ketones (excluding diaryl/α,β-unsaturated/α-hetero) is 2. The highest BCUT2D eigenvalue weighted by Gasteiger charge is 2.15. The summed E-state index contributed by atoms with van der Waals surface area (Å²) < 4.78 is 0. The molecule has 1 aliphatic heterocycles. The molecule has 0 unspecified atom stereocenters. The Balaban J connectivity index is 1.86. The molecule has 0 spiro atoms. The lowest BCUT2D eigenvalue weighted by Gasteiger charge is -2.03. The molecule has 1 aliphatic rings. The van der Waals surface area contributed by atoms with Gasteiger partial charge in [0.15, 0.2) is 17.4 Å². The lowest BCUT2D eigenvalue weighted by Crippen LogP contribution is -2.16. The van der Waals surface area contributed by atoms with Gasteiger partial charge < -0.3 is 0 Å². The number of carbonyl (C=O) groups is 2. The van der Waals surface area contributed by atoms with Crippen LogP contribution in [0.2, 0.25) is 0 Å². The van der Waals surface area contributed by atoms with E-state index in [-0.39, 0.29) is 30.2 Å². The van der Waals surface area contributed by atoms with E-state index in [2.05, 4.69) is 9.98 Å². The summed E-state index contributed by atoms with van der Waals surface area (Å²) in [6.07, 6.45) is 2.90. The number of ketones is 2. The van der Waals surface area contributed by atoms with Crippen LogP contribution in [0.5, 0.6) is 0 Å². The topological polar surface area (TPSA) is 58.9 Å². The Labute approximate surface area is 103 Å². The summed E-state index contributed by atoms with van der Waals surface area (Å²) in [5.41, 5.74) is 0. The second kappa shape index (κ2) is 5.63. The van der Waals surface area contributed by atoms with Gasteiger partial charge in [0.05, 0.1) is 4.88 Å². The first-order valence-corrected chi connectivity index (χ1v) is 6.32. The van der Waals surface area contributed by atoms with Gasteiger partial charge in [-0.2, -0.15) is 0 Å². The number of carbonyl (C=O) groups excluding carboxylic acids is 2. The molecule has 2 heterocycles. The standard InChI is InChI=1S/C12H12N2O2S/c15-9(11-3-1-8-17-11)4-5-10(16)12-13-6-2-7-14-12/h1,3,6,8H,2,4-5,7H2. The highest BCUT2D eigenvalue weighted by molar-refractivity contribution is 7.12. The number of hydrogen-bond donors (Lipinski definition) is 0. The smallest absolute Gasteiger partial charge is 0.200 e. The Morgan fingerprint density at radius 1 is 1.29 bits per heavy atom. The Morgan fingerprint density at radius 2 is 2.12 bits per heavy atom. The molecule has 2 rings (SSSR count). The fourth-order valence-corrected chi connectivity index (χ4v) is 2.17. The van der Waals surface area contributed by atoms with Crippen molar-refractivity contribution in [1.29, 1.82) is 0 Å². The summed E-state index contributed by atoms with van der Waals surface area (Å²) in [6.45, 7) is 0.615. The Kier molecular flexibility index (Phi) is 3.93. The molecule has 0 aromatic carbocycles. The van der Waals surface area contributed by atoms with Gasteiger partial charge in [0.2, 0.25) is 0 Å². The summed E-state index contributed by atoms with van der Waals surface area (Å²) in [5.74, 6) is 0.120. The number of amidine groups is 1. The maximum atomic E-state index is 11.7.